The zero-order valence-electron chi connectivity index (χ0n) is 5.28. The second-order valence-corrected chi connectivity index (χ2v) is 1.88. The van der Waals surface area contributed by atoms with Gasteiger partial charge in [0.05, 0.1) is 0 Å². The normalized spacial score (nSPS) is 12.5. The van der Waals surface area contributed by atoms with Crippen LogP contribution in [0, 0.1) is 0 Å². The molecule has 0 amide bonds. The van der Waals surface area contributed by atoms with Crippen LogP contribution in [0.15, 0.2) is 0 Å². The summed E-state index contributed by atoms with van der Waals surface area (Å²) < 4.78 is 0. The molecule has 1 atom stereocenters. The Hall–Kier alpha value is -1.10. The van der Waals surface area contributed by atoms with Gasteiger partial charge in [0.2, 0.25) is 0 Å². The minimum atomic E-state index is -1.17. The van der Waals surface area contributed by atoms with E-state index in [1.54, 1.807) is 0 Å². The molecule has 0 bridgehead atoms. The lowest BCUT2D eigenvalue weighted by molar-refractivity contribution is -0.139. The monoisotopic (exact) mass is 148 g/mol. The second-order valence-electron chi connectivity index (χ2n) is 1.88. The molecule has 0 aromatic heterocycles. The highest BCUT2D eigenvalue weighted by Crippen LogP contribution is 1.93. The Bertz CT molecular complexity index is 145. The van der Waals surface area contributed by atoms with E-state index < -0.39 is 18.0 Å². The topological polar surface area (TPSA) is 101 Å². The van der Waals surface area contributed by atoms with Gasteiger partial charge in [-0.3, -0.25) is 9.59 Å². The lowest BCUT2D eigenvalue weighted by Gasteiger charge is -2.01. The molecule has 0 aliphatic rings. The van der Waals surface area contributed by atoms with E-state index in [0.717, 1.165) is 0 Å². The van der Waals surface area contributed by atoms with Crippen molar-refractivity contribution in [2.45, 2.75) is 18.9 Å². The number of hydrogen-bond acceptors (Lipinski definition) is 3. The zero-order chi connectivity index (χ0) is 8.15. The number of carboxylic acid groups (broad SMARTS) is 2. The molecular weight excluding hydrogens is 139 g/mol. The van der Waals surface area contributed by atoms with Crippen molar-refractivity contribution in [2.24, 2.45) is 5.73 Å². The van der Waals surface area contributed by atoms with Gasteiger partial charge in [-0.25, -0.2) is 0 Å². The molecule has 0 spiro atoms. The van der Waals surface area contributed by atoms with Gasteiger partial charge in [0.1, 0.15) is 6.04 Å². The Morgan fingerprint density at radius 1 is 1.40 bits per heavy atom. The maximum atomic E-state index is 9.99. The molecule has 0 saturated heterocycles. The Balaban J connectivity index is 3.49. The van der Waals surface area contributed by atoms with Crippen LogP contribution in [0.3, 0.4) is 0 Å². The molecule has 5 nitrogen and oxygen atoms in total. The van der Waals surface area contributed by atoms with Crippen LogP contribution >= 0.6 is 0 Å². The predicted octanol–water partition coefficient (Wildman–Crippen LogP) is -0.737. The van der Waals surface area contributed by atoms with Gasteiger partial charge in [-0.15, -0.1) is 0 Å². The Labute approximate surface area is 57.5 Å². The average molecular weight is 148 g/mol. The van der Waals surface area contributed by atoms with Gasteiger partial charge in [0, 0.05) is 6.42 Å². The Kier molecular flexibility index (Phi) is 3.42. The lowest BCUT2D eigenvalue weighted by atomic mass is 10.2. The van der Waals surface area contributed by atoms with Crippen molar-refractivity contribution in [1.29, 1.82) is 0 Å². The van der Waals surface area contributed by atoms with Gasteiger partial charge in [-0.05, 0) is 6.42 Å². The van der Waals surface area contributed by atoms with E-state index in [2.05, 4.69) is 0 Å². The molecule has 0 rings (SSSR count). The van der Waals surface area contributed by atoms with E-state index >= 15 is 0 Å². The molecule has 0 heterocycles. The summed E-state index contributed by atoms with van der Waals surface area (Å²) in [5.74, 6) is -2.20. The fourth-order valence-electron chi connectivity index (χ4n) is 0.402. The summed E-state index contributed by atoms with van der Waals surface area (Å²) in [5, 5.41) is 16.3. The SMILES string of the molecule is N[C@@H](CCC(=O)O)[13C](=O)O. The highest BCUT2D eigenvalue weighted by molar-refractivity contribution is 5.74. The summed E-state index contributed by atoms with van der Waals surface area (Å²) in [6, 6.07) is -1.06. The quantitative estimate of drug-likeness (QED) is 0.456. The Morgan fingerprint density at radius 2 is 1.90 bits per heavy atom. The molecule has 58 valence electrons. The van der Waals surface area contributed by atoms with Gasteiger partial charge in [0.15, 0.2) is 0 Å². The average Bonchev–Trinajstić information content (AvgIpc) is 1.82. The molecule has 0 aliphatic carbocycles. The molecule has 0 aliphatic heterocycles. The number of rotatable bonds is 4. The molecule has 10 heavy (non-hydrogen) atoms. The van der Waals surface area contributed by atoms with Crippen LogP contribution in [0.1, 0.15) is 12.8 Å². The molecule has 0 unspecified atom stereocenters. The summed E-state index contributed by atoms with van der Waals surface area (Å²) in [6.45, 7) is 0. The summed E-state index contributed by atoms with van der Waals surface area (Å²) in [7, 11) is 0. The first kappa shape index (κ1) is 8.90. The molecule has 0 fully saturated rings. The van der Waals surface area contributed by atoms with Gasteiger partial charge in [-0.1, -0.05) is 0 Å². The molecule has 5 heteroatoms. The minimum Gasteiger partial charge on any atom is -0.481 e. The largest absolute Gasteiger partial charge is 0.481 e. The summed E-state index contributed by atoms with van der Waals surface area (Å²) >= 11 is 0. The second kappa shape index (κ2) is 3.84. The van der Waals surface area contributed by atoms with Crippen LogP contribution in [0.2, 0.25) is 0 Å². The summed E-state index contributed by atoms with van der Waals surface area (Å²) in [5.41, 5.74) is 5.00. The molecule has 0 saturated carbocycles. The van der Waals surface area contributed by atoms with Crippen molar-refractivity contribution in [3.05, 3.63) is 0 Å². The van der Waals surface area contributed by atoms with E-state index in [0.29, 0.717) is 0 Å². The van der Waals surface area contributed by atoms with E-state index in [9.17, 15) is 9.59 Å². The molecule has 0 radical (unpaired) electrons. The van der Waals surface area contributed by atoms with E-state index in [1.807, 2.05) is 0 Å². The predicted molar refractivity (Wildman–Crippen MR) is 32.5 cm³/mol. The lowest BCUT2D eigenvalue weighted by Crippen LogP contribution is -2.30. The number of carboxylic acids is 2. The van der Waals surface area contributed by atoms with Crippen molar-refractivity contribution < 1.29 is 19.8 Å². The fraction of sp³-hybridized carbons (Fsp3) is 0.600. The smallest absolute Gasteiger partial charge is 0.320 e. The van der Waals surface area contributed by atoms with Crippen LogP contribution in [0.5, 0.6) is 0 Å². The first-order chi connectivity index (χ1) is 4.54. The van der Waals surface area contributed by atoms with Crippen LogP contribution in [0.4, 0.5) is 0 Å². The number of nitrogens with two attached hydrogens (primary N) is 1. The standard InChI is InChI=1S/C5H9NO4/c6-3(5(9)10)1-2-4(7)8/h3H,1-2,6H2,(H,7,8)(H,9,10)/t3-/m0/s1/i5+1. The third kappa shape index (κ3) is 3.85. The van der Waals surface area contributed by atoms with Crippen molar-refractivity contribution >= 4 is 11.9 Å². The first-order valence-electron chi connectivity index (χ1n) is 2.74. The maximum Gasteiger partial charge on any atom is 0.320 e. The number of aliphatic carboxylic acids is 2. The number of carbonyl (C=O) groups is 2. The summed E-state index contributed by atoms with van der Waals surface area (Å²) in [6.07, 6.45) is -0.224. The van der Waals surface area contributed by atoms with E-state index in [1.165, 1.54) is 0 Å². The maximum absolute atomic E-state index is 9.99. The molecular formula is C5H9NO4. The van der Waals surface area contributed by atoms with Crippen LogP contribution in [-0.2, 0) is 9.59 Å². The van der Waals surface area contributed by atoms with E-state index in [4.69, 9.17) is 15.9 Å². The summed E-state index contributed by atoms with van der Waals surface area (Å²) in [4.78, 5) is 19.9. The molecule has 0 aromatic rings. The highest BCUT2D eigenvalue weighted by Gasteiger charge is 2.12. The van der Waals surface area contributed by atoms with Crippen molar-refractivity contribution in [2.75, 3.05) is 0 Å². The third-order valence-electron chi connectivity index (χ3n) is 0.986. The van der Waals surface area contributed by atoms with Gasteiger partial charge >= 0.3 is 11.9 Å². The van der Waals surface area contributed by atoms with Crippen LogP contribution in [0.25, 0.3) is 0 Å². The third-order valence-corrected chi connectivity index (χ3v) is 0.986. The van der Waals surface area contributed by atoms with Crippen molar-refractivity contribution in [3.8, 4) is 0 Å². The van der Waals surface area contributed by atoms with Crippen molar-refractivity contribution in [3.63, 3.8) is 0 Å². The fourth-order valence-corrected chi connectivity index (χ4v) is 0.402. The first-order valence-corrected chi connectivity index (χ1v) is 2.74. The van der Waals surface area contributed by atoms with Gasteiger partial charge in [-0.2, -0.15) is 0 Å². The number of hydrogen-bond donors (Lipinski definition) is 3. The van der Waals surface area contributed by atoms with Crippen LogP contribution in [-0.4, -0.2) is 28.2 Å². The zero-order valence-corrected chi connectivity index (χ0v) is 5.28. The van der Waals surface area contributed by atoms with Crippen molar-refractivity contribution in [1.82, 2.24) is 0 Å². The Morgan fingerprint density at radius 3 is 2.20 bits per heavy atom. The molecule has 4 N–H and O–H groups in total. The van der Waals surface area contributed by atoms with Gasteiger partial charge in [0.25, 0.3) is 0 Å². The van der Waals surface area contributed by atoms with E-state index in [-0.39, 0.29) is 12.8 Å². The minimum absolute atomic E-state index is 0.0231. The highest BCUT2D eigenvalue weighted by atomic mass is 16.5. The van der Waals surface area contributed by atoms with Gasteiger partial charge < -0.3 is 15.9 Å². The van der Waals surface area contributed by atoms with Crippen LogP contribution < -0.4 is 5.73 Å². The molecule has 0 aromatic carbocycles.